The Morgan fingerprint density at radius 2 is 1.50 bits per heavy atom. The van der Waals surface area contributed by atoms with Gasteiger partial charge in [-0.15, -0.1) is 0 Å². The van der Waals surface area contributed by atoms with Crippen LogP contribution >= 0.6 is 0 Å². The van der Waals surface area contributed by atoms with Crippen LogP contribution in [0.25, 0.3) is 6.08 Å². The van der Waals surface area contributed by atoms with Crippen LogP contribution in [0.5, 0.6) is 17.2 Å². The van der Waals surface area contributed by atoms with Gasteiger partial charge in [-0.3, -0.25) is 4.79 Å². The molecule has 0 fully saturated rings. The molecule has 0 unspecified atom stereocenters. The smallest absolute Gasteiger partial charge is 0.424 e. The lowest BCUT2D eigenvalue weighted by Crippen LogP contribution is -2.29. The minimum Gasteiger partial charge on any atom is -0.493 e. The molecule has 0 aromatic heterocycles. The Kier molecular flexibility index (Phi) is 6.49. The van der Waals surface area contributed by atoms with Gasteiger partial charge in [-0.25, -0.2) is 9.69 Å². The molecule has 0 radical (unpaired) electrons. The Balaban J connectivity index is 1.40. The van der Waals surface area contributed by atoms with E-state index in [1.165, 1.54) is 4.90 Å². The van der Waals surface area contributed by atoms with Crippen molar-refractivity contribution in [3.8, 4) is 17.2 Å². The van der Waals surface area contributed by atoms with Crippen molar-refractivity contribution in [1.29, 1.82) is 0 Å². The molecule has 6 heteroatoms. The molecule has 0 saturated heterocycles. The van der Waals surface area contributed by atoms with Gasteiger partial charge in [-0.05, 0) is 55.5 Å². The minimum absolute atomic E-state index is 0.177. The van der Waals surface area contributed by atoms with Gasteiger partial charge in [0.15, 0.2) is 5.76 Å². The Morgan fingerprint density at radius 3 is 2.17 bits per heavy atom. The fourth-order valence-electron chi connectivity index (χ4n) is 3.92. The molecule has 1 aliphatic rings. The van der Waals surface area contributed by atoms with E-state index in [0.717, 1.165) is 5.56 Å². The summed E-state index contributed by atoms with van der Waals surface area (Å²) in [7, 11) is 0. The molecular weight excluding hydrogens is 454 g/mol. The number of allylic oxidation sites excluding steroid dienone is 1. The summed E-state index contributed by atoms with van der Waals surface area (Å²) in [5, 5.41) is 0. The van der Waals surface area contributed by atoms with Gasteiger partial charge in [0, 0.05) is 11.6 Å². The van der Waals surface area contributed by atoms with Gasteiger partial charge in [-0.2, -0.15) is 0 Å². The van der Waals surface area contributed by atoms with Gasteiger partial charge < -0.3 is 14.2 Å². The quantitative estimate of drug-likeness (QED) is 0.279. The molecule has 178 valence electrons. The van der Waals surface area contributed by atoms with Gasteiger partial charge in [0.1, 0.15) is 17.2 Å². The second kappa shape index (κ2) is 10.2. The van der Waals surface area contributed by atoms with E-state index in [1.807, 2.05) is 91.9 Å². The zero-order chi connectivity index (χ0) is 24.9. The Bertz CT molecular complexity index is 1390. The summed E-state index contributed by atoms with van der Waals surface area (Å²) in [6.45, 7) is 2.41. The van der Waals surface area contributed by atoms with E-state index in [-0.39, 0.29) is 17.3 Å². The first-order valence-electron chi connectivity index (χ1n) is 11.6. The largest absolute Gasteiger partial charge is 0.493 e. The third-order valence-corrected chi connectivity index (χ3v) is 5.56. The Hall–Kier alpha value is -4.84. The maximum absolute atomic E-state index is 13.3. The molecule has 0 bridgehead atoms. The number of para-hydroxylation sites is 3. The summed E-state index contributed by atoms with van der Waals surface area (Å²) < 4.78 is 17.2. The summed E-state index contributed by atoms with van der Waals surface area (Å²) >= 11 is 0. The normalized spacial score (nSPS) is 13.1. The van der Waals surface area contributed by atoms with Crippen molar-refractivity contribution in [2.24, 2.45) is 0 Å². The SMILES string of the molecule is CCOc1ccccc1/C=C1\Oc2cc(OC(=O)N(c3ccccc3)c3ccccc3)ccc2C1=O. The molecule has 0 atom stereocenters. The standard InChI is InChI=1S/C30H23NO5/c1-2-34-26-16-10-9-11-21(26)19-28-29(32)25-18-17-24(20-27(25)36-28)35-30(33)31(22-12-5-3-6-13-22)23-14-7-4-8-15-23/h3-20H,2H2,1H3/b28-19-. The number of hydrogen-bond donors (Lipinski definition) is 0. The van der Waals surface area contributed by atoms with Crippen molar-refractivity contribution >= 4 is 29.3 Å². The molecule has 4 aromatic carbocycles. The van der Waals surface area contributed by atoms with Crippen molar-refractivity contribution in [3.05, 3.63) is 120 Å². The van der Waals surface area contributed by atoms with Crippen LogP contribution in [0.3, 0.4) is 0 Å². The average molecular weight is 478 g/mol. The molecule has 1 aliphatic heterocycles. The summed E-state index contributed by atoms with van der Waals surface area (Å²) in [5.74, 6) is 1.19. The van der Waals surface area contributed by atoms with Crippen molar-refractivity contribution in [3.63, 3.8) is 0 Å². The predicted molar refractivity (Wildman–Crippen MR) is 138 cm³/mol. The zero-order valence-corrected chi connectivity index (χ0v) is 19.6. The zero-order valence-electron chi connectivity index (χ0n) is 19.6. The van der Waals surface area contributed by atoms with Gasteiger partial charge in [0.2, 0.25) is 5.78 Å². The van der Waals surface area contributed by atoms with Crippen molar-refractivity contribution in [2.75, 3.05) is 11.5 Å². The number of anilines is 2. The van der Waals surface area contributed by atoms with E-state index in [4.69, 9.17) is 14.2 Å². The van der Waals surface area contributed by atoms with Gasteiger partial charge in [0.05, 0.1) is 23.5 Å². The molecule has 6 nitrogen and oxygen atoms in total. The summed E-state index contributed by atoms with van der Waals surface area (Å²) in [5.41, 5.74) is 2.47. The topological polar surface area (TPSA) is 65.1 Å². The summed E-state index contributed by atoms with van der Waals surface area (Å²) in [6, 6.07) is 30.7. The number of ether oxygens (including phenoxy) is 3. The van der Waals surface area contributed by atoms with Gasteiger partial charge in [0.25, 0.3) is 0 Å². The first kappa shape index (κ1) is 22.9. The monoisotopic (exact) mass is 477 g/mol. The number of nitrogens with zero attached hydrogens (tertiary/aromatic N) is 1. The molecule has 4 aromatic rings. The molecule has 0 saturated carbocycles. The van der Waals surface area contributed by atoms with Gasteiger partial charge in [-0.1, -0.05) is 54.6 Å². The fourth-order valence-corrected chi connectivity index (χ4v) is 3.92. The number of Topliss-reactive ketones (excluding diaryl/α,β-unsaturated/α-hetero) is 1. The molecule has 0 spiro atoms. The van der Waals surface area contributed by atoms with Crippen molar-refractivity contribution in [2.45, 2.75) is 6.92 Å². The van der Waals surface area contributed by atoms with E-state index < -0.39 is 6.09 Å². The minimum atomic E-state index is -0.585. The second-order valence-electron chi connectivity index (χ2n) is 7.94. The second-order valence-corrected chi connectivity index (χ2v) is 7.94. The summed E-state index contributed by atoms with van der Waals surface area (Å²) in [6.07, 6.45) is 1.07. The number of amides is 1. The maximum Gasteiger partial charge on any atom is 0.424 e. The number of ketones is 1. The number of benzene rings is 4. The fraction of sp³-hybridized carbons (Fsp3) is 0.0667. The third kappa shape index (κ3) is 4.70. The number of rotatable bonds is 6. The summed E-state index contributed by atoms with van der Waals surface area (Å²) in [4.78, 5) is 27.7. The van der Waals surface area contributed by atoms with Crippen LogP contribution in [0.15, 0.2) is 109 Å². The van der Waals surface area contributed by atoms with E-state index in [1.54, 1.807) is 24.3 Å². The van der Waals surface area contributed by atoms with E-state index in [0.29, 0.717) is 35.0 Å². The van der Waals surface area contributed by atoms with E-state index in [2.05, 4.69) is 0 Å². The maximum atomic E-state index is 13.3. The van der Waals surface area contributed by atoms with Crippen LogP contribution in [0.2, 0.25) is 0 Å². The van der Waals surface area contributed by atoms with Crippen molar-refractivity contribution in [1.82, 2.24) is 0 Å². The number of hydrogen-bond acceptors (Lipinski definition) is 5. The third-order valence-electron chi connectivity index (χ3n) is 5.56. The molecule has 36 heavy (non-hydrogen) atoms. The lowest BCUT2D eigenvalue weighted by Gasteiger charge is -2.22. The van der Waals surface area contributed by atoms with Crippen LogP contribution in [0.1, 0.15) is 22.8 Å². The molecule has 5 rings (SSSR count). The first-order chi connectivity index (χ1) is 17.6. The van der Waals surface area contributed by atoms with Crippen LogP contribution in [-0.4, -0.2) is 18.5 Å². The van der Waals surface area contributed by atoms with Gasteiger partial charge >= 0.3 is 6.09 Å². The lowest BCUT2D eigenvalue weighted by atomic mass is 10.1. The van der Waals surface area contributed by atoms with Crippen LogP contribution < -0.4 is 19.1 Å². The molecule has 0 N–H and O–H groups in total. The van der Waals surface area contributed by atoms with E-state index >= 15 is 0 Å². The van der Waals surface area contributed by atoms with Crippen molar-refractivity contribution < 1.29 is 23.8 Å². The van der Waals surface area contributed by atoms with Crippen LogP contribution in [0, 0.1) is 0 Å². The number of fused-ring (bicyclic) bond motifs is 1. The molecular formula is C30H23NO5. The van der Waals surface area contributed by atoms with Crippen LogP contribution in [0.4, 0.5) is 16.2 Å². The lowest BCUT2D eigenvalue weighted by molar-refractivity contribution is 0.101. The highest BCUT2D eigenvalue weighted by atomic mass is 16.6. The predicted octanol–water partition coefficient (Wildman–Crippen LogP) is 7.04. The number of carbonyl (C=O) groups excluding carboxylic acids is 2. The first-order valence-corrected chi connectivity index (χ1v) is 11.6. The molecule has 0 aliphatic carbocycles. The Morgan fingerprint density at radius 1 is 0.861 bits per heavy atom. The van der Waals surface area contributed by atoms with E-state index in [9.17, 15) is 9.59 Å². The Labute approximate surface area is 209 Å². The van der Waals surface area contributed by atoms with Crippen LogP contribution in [-0.2, 0) is 0 Å². The highest BCUT2D eigenvalue weighted by Gasteiger charge is 2.29. The molecule has 1 heterocycles. The number of carbonyl (C=O) groups is 2. The highest BCUT2D eigenvalue weighted by molar-refractivity contribution is 6.14. The molecule has 1 amide bonds. The highest BCUT2D eigenvalue weighted by Crippen LogP contribution is 2.36. The average Bonchev–Trinajstić information content (AvgIpc) is 3.21.